The third-order valence-corrected chi connectivity index (χ3v) is 12.4. The quantitative estimate of drug-likeness (QED) is 0.125. The Balaban J connectivity index is 1.36. The number of amides is 1. The Morgan fingerprint density at radius 3 is 2.29 bits per heavy atom. The van der Waals surface area contributed by atoms with Crippen molar-refractivity contribution in [1.29, 1.82) is 0 Å². The molecule has 1 amide bonds. The van der Waals surface area contributed by atoms with E-state index in [0.717, 1.165) is 62.5 Å². The van der Waals surface area contributed by atoms with Gasteiger partial charge in [0.1, 0.15) is 22.6 Å². The fraction of sp³-hybridized carbons (Fsp3) is 0.667. The van der Waals surface area contributed by atoms with E-state index >= 15 is 13.2 Å². The number of hydrogen-bond donors (Lipinski definition) is 1. The number of ether oxygens (including phenoxy) is 3. The number of aryl methyl sites for hydroxylation is 1. The fourth-order valence-electron chi connectivity index (χ4n) is 7.38. The predicted molar refractivity (Wildman–Crippen MR) is 223 cm³/mol. The highest BCUT2D eigenvalue weighted by molar-refractivity contribution is 7.91. The Hall–Kier alpha value is -4.12. The molecule has 1 aromatic carbocycles. The molecule has 0 spiro atoms. The summed E-state index contributed by atoms with van der Waals surface area (Å²) in [5, 5.41) is 8.08. The maximum Gasteiger partial charge on any atom is 0.410 e. The zero-order valence-electron chi connectivity index (χ0n) is 35.3. The molecule has 5 rings (SSSR count). The number of carbonyl (C=O) groups excluding carboxylic acids is 1. The fourth-order valence-corrected chi connectivity index (χ4v) is 8.58. The molecular weight excluding hydrogens is 790 g/mol. The van der Waals surface area contributed by atoms with Crippen molar-refractivity contribution in [2.75, 3.05) is 67.7 Å². The van der Waals surface area contributed by atoms with Crippen LogP contribution in [-0.4, -0.2) is 97.3 Å². The Morgan fingerprint density at radius 1 is 0.983 bits per heavy atom. The lowest BCUT2D eigenvalue weighted by Crippen LogP contribution is -2.44. The van der Waals surface area contributed by atoms with Crippen molar-refractivity contribution in [2.45, 2.75) is 110 Å². The van der Waals surface area contributed by atoms with Crippen LogP contribution in [-0.2, 0) is 32.3 Å². The van der Waals surface area contributed by atoms with E-state index in [4.69, 9.17) is 19.2 Å². The molecule has 2 saturated heterocycles. The number of rotatable bonds is 18. The van der Waals surface area contributed by atoms with Gasteiger partial charge in [-0.3, -0.25) is 4.79 Å². The van der Waals surface area contributed by atoms with Gasteiger partial charge in [0.15, 0.2) is 15.7 Å². The topological polar surface area (TPSA) is 145 Å². The van der Waals surface area contributed by atoms with E-state index in [1.807, 2.05) is 4.90 Å². The lowest BCUT2D eigenvalue weighted by Gasteiger charge is -2.37. The first-order valence-electron chi connectivity index (χ1n) is 20.9. The number of unbranched alkanes of at least 4 members (excludes halogenated alkanes) is 5. The number of halogens is 3. The van der Waals surface area contributed by atoms with E-state index in [-0.39, 0.29) is 79.8 Å². The molecule has 0 bridgehead atoms. The molecule has 3 aromatic rings. The molecule has 0 saturated carbocycles. The Labute approximate surface area is 345 Å². The first kappa shape index (κ1) is 46.0. The summed E-state index contributed by atoms with van der Waals surface area (Å²) in [5.74, 6) is -5.29. The molecule has 4 heterocycles. The van der Waals surface area contributed by atoms with Gasteiger partial charge < -0.3 is 29.3 Å². The molecule has 1 N–H and O–H groups in total. The maximum absolute atomic E-state index is 16.3. The van der Waals surface area contributed by atoms with Crippen molar-refractivity contribution in [2.24, 2.45) is 13.0 Å². The van der Waals surface area contributed by atoms with Crippen LogP contribution in [0.1, 0.15) is 110 Å². The van der Waals surface area contributed by atoms with Crippen molar-refractivity contribution >= 4 is 38.3 Å². The van der Waals surface area contributed by atoms with Crippen LogP contribution in [0.4, 0.5) is 29.6 Å². The van der Waals surface area contributed by atoms with Crippen LogP contribution < -0.4 is 20.5 Å². The second-order valence-corrected chi connectivity index (χ2v) is 18.9. The van der Waals surface area contributed by atoms with E-state index < -0.39 is 56.4 Å². The molecule has 2 fully saturated rings. The molecule has 0 aliphatic carbocycles. The van der Waals surface area contributed by atoms with Crippen molar-refractivity contribution in [1.82, 2.24) is 19.7 Å². The standard InChI is InChI=1S/C42H61F3N6O7S/c1-7-8-23-56-24-12-10-9-11-13-25-57-38-35-32(28-34(47-38)50-21-26-59(54,55)27-22-50)37(48-49(6)39(35)52)46-29(2)31-15-14-16-33(36(31)43)42(44,45)30-17-19-51(20-18-30)40(53)58-41(3,4)5/h14-16,28-30H,7-13,17-27H2,1-6H3,(H,46,48)/t29-/m1/s1. The average Bonchev–Trinajstić information content (AvgIpc) is 3.18. The van der Waals surface area contributed by atoms with Gasteiger partial charge in [-0.2, -0.15) is 10.1 Å². The second-order valence-electron chi connectivity index (χ2n) is 16.6. The molecule has 59 heavy (non-hydrogen) atoms. The monoisotopic (exact) mass is 850 g/mol. The molecule has 2 aliphatic heterocycles. The largest absolute Gasteiger partial charge is 0.477 e. The first-order chi connectivity index (χ1) is 27.9. The number of nitrogens with zero attached hydrogens (tertiary/aromatic N) is 5. The summed E-state index contributed by atoms with van der Waals surface area (Å²) in [5.41, 5.74) is -1.97. The van der Waals surface area contributed by atoms with Crippen LogP contribution in [0.15, 0.2) is 29.1 Å². The van der Waals surface area contributed by atoms with Crippen LogP contribution >= 0.6 is 0 Å². The number of hydrogen-bond acceptors (Lipinski definition) is 11. The minimum absolute atomic E-state index is 0.0309. The van der Waals surface area contributed by atoms with Gasteiger partial charge in [0.2, 0.25) is 5.88 Å². The SMILES string of the molecule is CCCCOCCCCCCCOc1nc(N2CCS(=O)(=O)CC2)cc2c(N[C@H](C)c3cccc(C(F)(F)C4CCN(C(=O)OC(C)(C)C)CC4)c3F)nn(C)c(=O)c12. The molecular formula is C42H61F3N6O7S. The minimum atomic E-state index is -3.53. The molecule has 2 aromatic heterocycles. The number of alkyl halides is 2. The van der Waals surface area contributed by atoms with Crippen LogP contribution in [0.25, 0.3) is 10.8 Å². The van der Waals surface area contributed by atoms with Gasteiger partial charge in [-0.25, -0.2) is 31.1 Å². The molecule has 13 nitrogen and oxygen atoms in total. The summed E-state index contributed by atoms with van der Waals surface area (Å²) in [4.78, 5) is 34.2. The summed E-state index contributed by atoms with van der Waals surface area (Å²) >= 11 is 0. The summed E-state index contributed by atoms with van der Waals surface area (Å²) in [7, 11) is -1.75. The molecule has 328 valence electrons. The van der Waals surface area contributed by atoms with Gasteiger partial charge in [0.05, 0.1) is 29.7 Å². The number of nitrogens with one attached hydrogen (secondary N) is 1. The van der Waals surface area contributed by atoms with Gasteiger partial charge in [-0.05, 0) is 65.9 Å². The number of benzene rings is 1. The highest BCUT2D eigenvalue weighted by Crippen LogP contribution is 2.44. The van der Waals surface area contributed by atoms with Crippen LogP contribution in [0.2, 0.25) is 0 Å². The van der Waals surface area contributed by atoms with Crippen LogP contribution in [0.5, 0.6) is 5.88 Å². The van der Waals surface area contributed by atoms with Crippen molar-refractivity contribution in [3.05, 3.63) is 51.6 Å². The van der Waals surface area contributed by atoms with Crippen molar-refractivity contribution < 1.29 is 40.6 Å². The normalized spacial score (nSPS) is 17.0. The first-order valence-corrected chi connectivity index (χ1v) is 22.7. The maximum atomic E-state index is 16.3. The number of anilines is 2. The van der Waals surface area contributed by atoms with E-state index in [0.29, 0.717) is 17.6 Å². The van der Waals surface area contributed by atoms with Crippen LogP contribution in [0, 0.1) is 11.7 Å². The smallest absolute Gasteiger partial charge is 0.410 e. The van der Waals surface area contributed by atoms with Crippen molar-refractivity contribution in [3.63, 3.8) is 0 Å². The Morgan fingerprint density at radius 2 is 1.63 bits per heavy atom. The van der Waals surface area contributed by atoms with Gasteiger partial charge in [0.25, 0.3) is 11.5 Å². The third kappa shape index (κ3) is 12.0. The number of likely N-dealkylation sites (tertiary alicyclic amines) is 1. The van der Waals surface area contributed by atoms with Gasteiger partial charge in [-0.15, -0.1) is 0 Å². The number of aromatic nitrogens is 3. The lowest BCUT2D eigenvalue weighted by molar-refractivity contribution is -0.0885. The second kappa shape index (κ2) is 20.0. The number of fused-ring (bicyclic) bond motifs is 1. The lowest BCUT2D eigenvalue weighted by atomic mass is 9.85. The van der Waals surface area contributed by atoms with E-state index in [1.165, 1.54) is 24.1 Å². The molecule has 0 radical (unpaired) electrons. The highest BCUT2D eigenvalue weighted by atomic mass is 32.2. The van der Waals surface area contributed by atoms with E-state index in [2.05, 4.69) is 17.3 Å². The van der Waals surface area contributed by atoms with E-state index in [1.54, 1.807) is 33.8 Å². The summed E-state index contributed by atoms with van der Waals surface area (Å²) in [6.07, 6.45) is 6.14. The van der Waals surface area contributed by atoms with E-state index in [9.17, 15) is 18.0 Å². The summed E-state index contributed by atoms with van der Waals surface area (Å²) in [6.45, 7) is 11.3. The molecule has 17 heteroatoms. The number of piperidine rings is 1. The number of sulfone groups is 1. The van der Waals surface area contributed by atoms with Gasteiger partial charge in [-0.1, -0.05) is 50.8 Å². The molecule has 2 aliphatic rings. The van der Waals surface area contributed by atoms with Gasteiger partial charge in [0, 0.05) is 63.3 Å². The Bertz CT molecular complexity index is 2060. The number of carbonyl (C=O) groups is 1. The van der Waals surface area contributed by atoms with Crippen LogP contribution in [0.3, 0.4) is 0 Å². The zero-order chi connectivity index (χ0) is 43.0. The molecule has 0 unspecified atom stereocenters. The minimum Gasteiger partial charge on any atom is -0.477 e. The molecule has 1 atom stereocenters. The zero-order valence-corrected chi connectivity index (χ0v) is 36.1. The average molecular weight is 851 g/mol. The van der Waals surface area contributed by atoms with Crippen molar-refractivity contribution in [3.8, 4) is 5.88 Å². The highest BCUT2D eigenvalue weighted by Gasteiger charge is 2.46. The number of pyridine rings is 1. The third-order valence-electron chi connectivity index (χ3n) is 10.8. The predicted octanol–water partition coefficient (Wildman–Crippen LogP) is 7.76. The Kier molecular flexibility index (Phi) is 15.5. The summed E-state index contributed by atoms with van der Waals surface area (Å²) in [6, 6.07) is 4.65. The summed E-state index contributed by atoms with van der Waals surface area (Å²) < 4.78 is 91.5. The van der Waals surface area contributed by atoms with Gasteiger partial charge >= 0.3 is 6.09 Å².